The fourth-order valence-corrected chi connectivity index (χ4v) is 6.02. The van der Waals surface area contributed by atoms with Crippen LogP contribution in [0.15, 0.2) is 162 Å². The fraction of sp³-hybridized carbons (Fsp3) is 0. The molecule has 1 nitrogen and oxygen atoms in total. The largest absolute Gasteiger partial charge is 0.455 e. The average Bonchev–Trinajstić information content (AvgIpc) is 3.62. The van der Waals surface area contributed by atoms with Crippen molar-refractivity contribution in [2.75, 3.05) is 0 Å². The normalized spacial score (nSPS) is 16.0. The molecule has 0 fully saturated rings. The van der Waals surface area contributed by atoms with E-state index in [1.54, 1.807) is 60.7 Å². The summed E-state index contributed by atoms with van der Waals surface area (Å²) in [6.07, 6.45) is 0. The number of rotatable bonds is 3. The lowest BCUT2D eigenvalue weighted by Crippen LogP contribution is -1.92. The summed E-state index contributed by atoms with van der Waals surface area (Å²) in [7, 11) is 0. The SMILES string of the molecule is [2H]c1c([2H])c([2H])c(-c2c3ccccc3c(-c3c([2H])c([2H])c4oc5c6c([2H])c([2H])c([2H])c([2H])c6c([2H])c([2H])c5c4c3[2H])c3ccccc23)c(-c2ccccc2)c1[2H]. The zero-order valence-electron chi connectivity index (χ0n) is 35.4. The van der Waals surface area contributed by atoms with Crippen LogP contribution in [-0.2, 0) is 0 Å². The second kappa shape index (κ2) is 9.44. The molecule has 0 spiro atoms. The van der Waals surface area contributed by atoms with Gasteiger partial charge in [-0.05, 0) is 78.4 Å². The maximum absolute atomic E-state index is 9.73. The molecule has 0 N–H and O–H groups in total. The minimum Gasteiger partial charge on any atom is -0.455 e. The van der Waals surface area contributed by atoms with Crippen LogP contribution >= 0.6 is 0 Å². The molecule has 0 unspecified atom stereocenters. The summed E-state index contributed by atoms with van der Waals surface area (Å²) in [5.74, 6) is 0. The Labute approximate surface area is 267 Å². The summed E-state index contributed by atoms with van der Waals surface area (Å²) >= 11 is 0. The highest BCUT2D eigenvalue weighted by molar-refractivity contribution is 6.23. The van der Waals surface area contributed by atoms with Crippen LogP contribution < -0.4 is 0 Å². The van der Waals surface area contributed by atoms with Crippen molar-refractivity contribution in [2.45, 2.75) is 0 Å². The number of fused-ring (bicyclic) bond motifs is 7. The Morgan fingerprint density at radius 2 is 1.05 bits per heavy atom. The van der Waals surface area contributed by atoms with Crippen molar-refractivity contribution in [2.24, 2.45) is 0 Å². The van der Waals surface area contributed by atoms with Crippen LogP contribution in [-0.4, -0.2) is 0 Å². The Morgan fingerprint density at radius 3 is 1.79 bits per heavy atom. The lowest BCUT2D eigenvalue weighted by Gasteiger charge is -2.19. The fourth-order valence-electron chi connectivity index (χ4n) is 6.02. The van der Waals surface area contributed by atoms with E-state index in [1.165, 1.54) is 0 Å². The second-order valence-electron chi connectivity index (χ2n) is 10.2. The summed E-state index contributed by atoms with van der Waals surface area (Å²) in [5, 5.41) is 1.64. The first-order chi connectivity index (χ1) is 26.8. The highest BCUT2D eigenvalue weighted by atomic mass is 16.3. The third-order valence-corrected chi connectivity index (χ3v) is 7.87. The molecule has 0 radical (unpaired) electrons. The molecule has 0 atom stereocenters. The van der Waals surface area contributed by atoms with Crippen molar-refractivity contribution < 1.29 is 22.2 Å². The van der Waals surface area contributed by atoms with E-state index in [0.717, 1.165) is 0 Å². The van der Waals surface area contributed by atoms with Gasteiger partial charge in [0.25, 0.3) is 0 Å². The molecule has 8 aromatic carbocycles. The maximum Gasteiger partial charge on any atom is 0.143 e. The molecule has 0 aliphatic heterocycles. The first kappa shape index (κ1) is 14.5. The van der Waals surface area contributed by atoms with Crippen molar-refractivity contribution in [1.82, 2.24) is 0 Å². The van der Waals surface area contributed by atoms with Crippen molar-refractivity contribution in [3.05, 3.63) is 157 Å². The predicted octanol–water partition coefficient (Wildman–Crippen LogP) is 12.0. The Balaban J connectivity index is 1.48. The smallest absolute Gasteiger partial charge is 0.143 e. The minimum absolute atomic E-state index is 0.0170. The van der Waals surface area contributed by atoms with E-state index >= 15 is 0 Å². The van der Waals surface area contributed by atoms with Gasteiger partial charge in [0.2, 0.25) is 0 Å². The first-order valence-corrected chi connectivity index (χ1v) is 13.7. The van der Waals surface area contributed by atoms with Crippen LogP contribution in [0.2, 0.25) is 0 Å². The number of furan rings is 1. The van der Waals surface area contributed by atoms with Gasteiger partial charge in [-0.3, -0.25) is 0 Å². The van der Waals surface area contributed by atoms with E-state index in [4.69, 9.17) is 16.8 Å². The van der Waals surface area contributed by atoms with Gasteiger partial charge in [0, 0.05) is 16.2 Å². The quantitative estimate of drug-likeness (QED) is 0.196. The van der Waals surface area contributed by atoms with Crippen molar-refractivity contribution in [1.29, 1.82) is 0 Å². The van der Waals surface area contributed by atoms with Gasteiger partial charge in [0.05, 0.1) is 17.8 Å². The molecule has 9 rings (SSSR count). The van der Waals surface area contributed by atoms with Crippen molar-refractivity contribution >= 4 is 54.3 Å². The summed E-state index contributed by atoms with van der Waals surface area (Å²) in [6, 6.07) is 17.9. The summed E-state index contributed by atoms with van der Waals surface area (Å²) < 4.78 is 122. The van der Waals surface area contributed by atoms with Crippen molar-refractivity contribution in [3.63, 3.8) is 0 Å². The lowest BCUT2D eigenvalue weighted by atomic mass is 9.83. The summed E-state index contributed by atoms with van der Waals surface area (Å²) in [6.45, 7) is 0. The molecule has 0 saturated heterocycles. The van der Waals surface area contributed by atoms with Crippen LogP contribution in [0.25, 0.3) is 87.6 Å². The highest BCUT2D eigenvalue weighted by Crippen LogP contribution is 2.47. The molecule has 0 bridgehead atoms. The van der Waals surface area contributed by atoms with Gasteiger partial charge < -0.3 is 4.42 Å². The second-order valence-corrected chi connectivity index (χ2v) is 10.2. The number of hydrogen-bond acceptors (Lipinski definition) is 1. The molecule has 1 heteroatoms. The average molecular weight is 560 g/mol. The predicted molar refractivity (Wildman–Crippen MR) is 183 cm³/mol. The number of hydrogen-bond donors (Lipinski definition) is 0. The van der Waals surface area contributed by atoms with Gasteiger partial charge in [-0.1, -0.05) is 139 Å². The summed E-state index contributed by atoms with van der Waals surface area (Å²) in [5.41, 5.74) is 1.67. The number of benzene rings is 8. The van der Waals surface area contributed by atoms with Gasteiger partial charge in [-0.15, -0.1) is 0 Å². The molecule has 0 saturated carbocycles. The highest BCUT2D eigenvalue weighted by Gasteiger charge is 2.19. The van der Waals surface area contributed by atoms with E-state index < -0.39 is 48.3 Å². The monoisotopic (exact) mass is 559 g/mol. The molecular formula is C42H26O. The molecule has 1 heterocycles. The molecular weight excluding hydrogens is 520 g/mol. The van der Waals surface area contributed by atoms with Crippen LogP contribution in [0.5, 0.6) is 0 Å². The van der Waals surface area contributed by atoms with E-state index in [0.29, 0.717) is 43.8 Å². The van der Waals surface area contributed by atoms with E-state index in [9.17, 15) is 5.48 Å². The van der Waals surface area contributed by atoms with Gasteiger partial charge in [0.15, 0.2) is 0 Å². The lowest BCUT2D eigenvalue weighted by molar-refractivity contribution is 0.672. The third kappa shape index (κ3) is 3.65. The Kier molecular flexibility index (Phi) is 3.18. The van der Waals surface area contributed by atoms with Crippen LogP contribution in [0.4, 0.5) is 0 Å². The van der Waals surface area contributed by atoms with Gasteiger partial charge in [0.1, 0.15) is 11.2 Å². The molecule has 1 aromatic heterocycles. The van der Waals surface area contributed by atoms with Crippen LogP contribution in [0.1, 0.15) is 17.8 Å². The molecule has 0 aliphatic carbocycles. The van der Waals surface area contributed by atoms with E-state index in [1.807, 2.05) is 18.2 Å². The topological polar surface area (TPSA) is 13.1 Å². The molecule has 0 amide bonds. The zero-order valence-corrected chi connectivity index (χ0v) is 22.4. The van der Waals surface area contributed by atoms with Crippen molar-refractivity contribution in [3.8, 4) is 33.4 Å². The van der Waals surface area contributed by atoms with Gasteiger partial charge in [-0.2, -0.15) is 0 Å². The Bertz CT molecular complexity index is 3170. The Morgan fingerprint density at radius 1 is 0.419 bits per heavy atom. The maximum atomic E-state index is 9.73. The minimum atomic E-state index is -0.576. The van der Waals surface area contributed by atoms with E-state index in [-0.39, 0.29) is 74.0 Å². The summed E-state index contributed by atoms with van der Waals surface area (Å²) in [4.78, 5) is 0. The van der Waals surface area contributed by atoms with Crippen LogP contribution in [0, 0.1) is 0 Å². The van der Waals surface area contributed by atoms with Gasteiger partial charge in [-0.25, -0.2) is 0 Å². The van der Waals surface area contributed by atoms with Gasteiger partial charge >= 0.3 is 0 Å². The van der Waals surface area contributed by atoms with E-state index in [2.05, 4.69) is 0 Å². The molecule has 43 heavy (non-hydrogen) atoms. The Hall–Kier alpha value is -5.66. The first-order valence-electron chi connectivity index (χ1n) is 20.2. The van der Waals surface area contributed by atoms with Crippen LogP contribution in [0.3, 0.4) is 0 Å². The zero-order chi connectivity index (χ0) is 39.6. The molecule has 9 aromatic rings. The third-order valence-electron chi connectivity index (χ3n) is 7.87. The molecule has 0 aliphatic rings. The standard InChI is InChI=1S/C42H26O/c1-2-12-27(13-3-1)30-15-6-7-17-32(30)41-35-20-10-8-18-33(35)40(34-19-9-11-21-36(34)41)29-23-25-39-38(26-29)37-24-22-28-14-4-5-16-31(28)42(37)43-39/h1-26H/i4D,5D,6D,7D,14D,15D,16D,17D,22D,23D,24D,25D,26D. The molecule has 200 valence electrons.